The monoisotopic (exact) mass is 238 g/mol. The summed E-state index contributed by atoms with van der Waals surface area (Å²) in [5.41, 5.74) is 2.21. The molecule has 0 aliphatic heterocycles. The molecule has 0 saturated carbocycles. The smallest absolute Gasteiger partial charge is 0.178 e. The van der Waals surface area contributed by atoms with Crippen LogP contribution < -0.4 is 0 Å². The molecular weight excluding hydrogens is 228 g/mol. The molecule has 18 heavy (non-hydrogen) atoms. The molecule has 6 nitrogen and oxygen atoms in total. The van der Waals surface area contributed by atoms with Gasteiger partial charge in [0.15, 0.2) is 5.82 Å². The number of hydrogen-bond donors (Lipinski definition) is 0. The van der Waals surface area contributed by atoms with Crippen molar-refractivity contribution in [1.29, 1.82) is 0 Å². The van der Waals surface area contributed by atoms with Gasteiger partial charge >= 0.3 is 0 Å². The third-order valence-electron chi connectivity index (χ3n) is 2.41. The molecule has 0 saturated heterocycles. The largest absolute Gasteiger partial charge is 0.255 e. The van der Waals surface area contributed by atoms with E-state index >= 15 is 0 Å². The molecule has 3 aromatic rings. The lowest BCUT2D eigenvalue weighted by Crippen LogP contribution is -1.92. The van der Waals surface area contributed by atoms with Crippen LogP contribution in [0.4, 0.5) is 0 Å². The third-order valence-corrected chi connectivity index (χ3v) is 2.41. The van der Waals surface area contributed by atoms with E-state index in [-0.39, 0.29) is 0 Å². The van der Waals surface area contributed by atoms with Crippen LogP contribution >= 0.6 is 0 Å². The SMILES string of the molecule is Cn1cc(-c2cccc(-c3ncccn3)n2)nn1. The van der Waals surface area contributed by atoms with Gasteiger partial charge in [0.1, 0.15) is 11.4 Å². The molecule has 0 aliphatic rings. The molecule has 0 aromatic carbocycles. The normalized spacial score (nSPS) is 10.5. The average molecular weight is 238 g/mol. The number of rotatable bonds is 2. The number of nitrogens with zero attached hydrogens (tertiary/aromatic N) is 6. The molecule has 0 fully saturated rings. The molecule has 0 amide bonds. The van der Waals surface area contributed by atoms with Crippen LogP contribution in [0.5, 0.6) is 0 Å². The van der Waals surface area contributed by atoms with Crippen LogP contribution in [0.25, 0.3) is 22.9 Å². The van der Waals surface area contributed by atoms with Gasteiger partial charge in [-0.2, -0.15) is 0 Å². The summed E-state index contributed by atoms with van der Waals surface area (Å²) in [6.07, 6.45) is 5.20. The quantitative estimate of drug-likeness (QED) is 0.673. The number of hydrogen-bond acceptors (Lipinski definition) is 5. The van der Waals surface area contributed by atoms with Gasteiger partial charge in [-0.1, -0.05) is 11.3 Å². The summed E-state index contributed by atoms with van der Waals surface area (Å²) in [6, 6.07) is 7.43. The zero-order valence-electron chi connectivity index (χ0n) is 9.72. The Hall–Kier alpha value is -2.63. The summed E-state index contributed by atoms with van der Waals surface area (Å²) in [4.78, 5) is 12.8. The van der Waals surface area contributed by atoms with E-state index in [1.807, 2.05) is 31.4 Å². The zero-order valence-corrected chi connectivity index (χ0v) is 9.72. The molecule has 88 valence electrons. The Kier molecular flexibility index (Phi) is 2.53. The van der Waals surface area contributed by atoms with Gasteiger partial charge in [0.2, 0.25) is 0 Å². The van der Waals surface area contributed by atoms with E-state index in [0.29, 0.717) is 5.82 Å². The molecule has 3 rings (SSSR count). The van der Waals surface area contributed by atoms with Crippen LogP contribution in [0.15, 0.2) is 42.9 Å². The molecule has 6 heteroatoms. The maximum atomic E-state index is 4.49. The van der Waals surface area contributed by atoms with Gasteiger partial charge in [0.25, 0.3) is 0 Å². The topological polar surface area (TPSA) is 69.4 Å². The third kappa shape index (κ3) is 1.95. The zero-order chi connectivity index (χ0) is 12.4. The first-order valence-electron chi connectivity index (χ1n) is 5.44. The standard InChI is InChI=1S/C12H10N6/c1-18-8-11(16-17-18)9-4-2-5-10(15-9)12-13-6-3-7-14-12/h2-8H,1H3. The van der Waals surface area contributed by atoms with Crippen LogP contribution in [0.2, 0.25) is 0 Å². The number of aryl methyl sites for hydroxylation is 1. The van der Waals surface area contributed by atoms with Crippen LogP contribution in [0.3, 0.4) is 0 Å². The second-order valence-corrected chi connectivity index (χ2v) is 3.76. The highest BCUT2D eigenvalue weighted by molar-refractivity contribution is 5.58. The van der Waals surface area contributed by atoms with Crippen molar-refractivity contribution in [2.45, 2.75) is 0 Å². The Morgan fingerprint density at radius 1 is 0.944 bits per heavy atom. The average Bonchev–Trinajstić information content (AvgIpc) is 2.87. The summed E-state index contributed by atoms with van der Waals surface area (Å²) >= 11 is 0. The Morgan fingerprint density at radius 2 is 1.72 bits per heavy atom. The highest BCUT2D eigenvalue weighted by Crippen LogP contribution is 2.17. The summed E-state index contributed by atoms with van der Waals surface area (Å²) < 4.78 is 1.64. The van der Waals surface area contributed by atoms with Crippen LogP contribution in [-0.4, -0.2) is 29.9 Å². The first-order chi connectivity index (χ1) is 8.83. The molecule has 0 spiro atoms. The van der Waals surface area contributed by atoms with Crippen molar-refractivity contribution >= 4 is 0 Å². The molecule has 0 atom stereocenters. The van der Waals surface area contributed by atoms with Crippen LogP contribution in [0.1, 0.15) is 0 Å². The highest BCUT2D eigenvalue weighted by Gasteiger charge is 2.07. The summed E-state index contributed by atoms with van der Waals surface area (Å²) in [5, 5.41) is 7.92. The Morgan fingerprint density at radius 3 is 2.44 bits per heavy atom. The fourth-order valence-corrected chi connectivity index (χ4v) is 1.60. The Balaban J connectivity index is 2.05. The second kappa shape index (κ2) is 4.33. The van der Waals surface area contributed by atoms with E-state index in [1.54, 1.807) is 23.1 Å². The summed E-state index contributed by atoms with van der Waals surface area (Å²) in [6.45, 7) is 0. The highest BCUT2D eigenvalue weighted by atomic mass is 15.4. The maximum absolute atomic E-state index is 4.49. The fourth-order valence-electron chi connectivity index (χ4n) is 1.60. The maximum Gasteiger partial charge on any atom is 0.178 e. The first kappa shape index (κ1) is 10.5. The first-order valence-corrected chi connectivity index (χ1v) is 5.44. The van der Waals surface area contributed by atoms with E-state index in [4.69, 9.17) is 0 Å². The van der Waals surface area contributed by atoms with Crippen molar-refractivity contribution in [3.05, 3.63) is 42.9 Å². The lowest BCUT2D eigenvalue weighted by atomic mass is 10.2. The predicted molar refractivity (Wildman–Crippen MR) is 65.3 cm³/mol. The van der Waals surface area contributed by atoms with E-state index in [9.17, 15) is 0 Å². The van der Waals surface area contributed by atoms with Crippen molar-refractivity contribution in [3.63, 3.8) is 0 Å². The molecule has 3 aromatic heterocycles. The minimum Gasteiger partial charge on any atom is -0.255 e. The molecule has 0 N–H and O–H groups in total. The van der Waals surface area contributed by atoms with E-state index in [0.717, 1.165) is 17.1 Å². The minimum absolute atomic E-state index is 0.600. The van der Waals surface area contributed by atoms with Gasteiger partial charge in [-0.3, -0.25) is 4.68 Å². The molecule has 3 heterocycles. The second-order valence-electron chi connectivity index (χ2n) is 3.76. The predicted octanol–water partition coefficient (Wildman–Crippen LogP) is 1.33. The van der Waals surface area contributed by atoms with E-state index in [1.165, 1.54) is 0 Å². The summed E-state index contributed by atoms with van der Waals surface area (Å²) in [5.74, 6) is 0.600. The molecule has 0 unspecified atom stereocenters. The van der Waals surface area contributed by atoms with Crippen molar-refractivity contribution in [2.75, 3.05) is 0 Å². The van der Waals surface area contributed by atoms with Gasteiger partial charge in [-0.05, 0) is 18.2 Å². The summed E-state index contributed by atoms with van der Waals surface area (Å²) in [7, 11) is 1.82. The Bertz CT molecular complexity index is 661. The lowest BCUT2D eigenvalue weighted by Gasteiger charge is -2.00. The fraction of sp³-hybridized carbons (Fsp3) is 0.0833. The van der Waals surface area contributed by atoms with E-state index < -0.39 is 0 Å². The van der Waals surface area contributed by atoms with Gasteiger partial charge in [-0.25, -0.2) is 15.0 Å². The number of pyridine rings is 1. The van der Waals surface area contributed by atoms with Gasteiger partial charge in [-0.15, -0.1) is 5.10 Å². The molecule has 0 bridgehead atoms. The van der Waals surface area contributed by atoms with Gasteiger partial charge in [0.05, 0.1) is 11.9 Å². The molecule has 0 aliphatic carbocycles. The lowest BCUT2D eigenvalue weighted by molar-refractivity contribution is 0.715. The number of aromatic nitrogens is 6. The minimum atomic E-state index is 0.600. The van der Waals surface area contributed by atoms with Gasteiger partial charge < -0.3 is 0 Å². The van der Waals surface area contributed by atoms with Crippen molar-refractivity contribution in [1.82, 2.24) is 29.9 Å². The van der Waals surface area contributed by atoms with E-state index in [2.05, 4.69) is 25.3 Å². The molecule has 0 radical (unpaired) electrons. The van der Waals surface area contributed by atoms with Crippen LogP contribution in [0, 0.1) is 0 Å². The van der Waals surface area contributed by atoms with Crippen molar-refractivity contribution < 1.29 is 0 Å². The van der Waals surface area contributed by atoms with Gasteiger partial charge in [0, 0.05) is 19.4 Å². The van der Waals surface area contributed by atoms with Crippen molar-refractivity contribution in [2.24, 2.45) is 7.05 Å². The van der Waals surface area contributed by atoms with Crippen molar-refractivity contribution in [3.8, 4) is 22.9 Å². The Labute approximate surface area is 103 Å². The molecular formula is C12H10N6. The van der Waals surface area contributed by atoms with Crippen LogP contribution in [-0.2, 0) is 7.05 Å².